The summed E-state index contributed by atoms with van der Waals surface area (Å²) in [5.41, 5.74) is 0. The largest absolute Gasteiger partial charge is 0.238 e. The van der Waals surface area contributed by atoms with E-state index in [0.717, 1.165) is 0 Å². The number of halogens is 1. The van der Waals surface area contributed by atoms with Crippen molar-refractivity contribution >= 4 is 29.6 Å². The fourth-order valence-electron chi connectivity index (χ4n) is 2.19. The van der Waals surface area contributed by atoms with Crippen LogP contribution in [-0.4, -0.2) is 32.6 Å². The van der Waals surface area contributed by atoms with Crippen molar-refractivity contribution in [2.75, 3.05) is 5.75 Å². The second-order valence-corrected chi connectivity index (χ2v) is 9.82. The molecule has 2 aliphatic rings. The summed E-state index contributed by atoms with van der Waals surface area (Å²) in [5.74, 6) is 0.191. The number of hydrogen-bond acceptors (Lipinski definition) is 4. The second-order valence-electron chi connectivity index (χ2n) is 4.46. The maximum Gasteiger partial charge on any atom is 0.238 e. The molecule has 0 N–H and O–H groups in total. The number of sulfone groups is 1. The van der Waals surface area contributed by atoms with Crippen LogP contribution in [0.25, 0.3) is 0 Å². The molecule has 15 heavy (non-hydrogen) atoms. The van der Waals surface area contributed by atoms with Gasteiger partial charge in [0.05, 0.1) is 15.7 Å². The van der Waals surface area contributed by atoms with Crippen molar-refractivity contribution in [3.8, 4) is 0 Å². The monoisotopic (exact) mass is 272 g/mol. The van der Waals surface area contributed by atoms with Crippen LogP contribution in [0.15, 0.2) is 0 Å². The molecule has 1 saturated heterocycles. The summed E-state index contributed by atoms with van der Waals surface area (Å²) in [6.45, 7) is 0. The van der Waals surface area contributed by atoms with Gasteiger partial charge in [-0.3, -0.25) is 0 Å². The molecule has 0 aromatic rings. The molecule has 4 nitrogen and oxygen atoms in total. The van der Waals surface area contributed by atoms with Crippen molar-refractivity contribution in [3.05, 3.63) is 0 Å². The maximum atomic E-state index is 11.6. The topological polar surface area (TPSA) is 68.3 Å². The van der Waals surface area contributed by atoms with Crippen LogP contribution >= 0.6 is 10.7 Å². The van der Waals surface area contributed by atoms with Gasteiger partial charge in [0, 0.05) is 10.7 Å². The normalized spacial score (nSPS) is 32.7. The highest BCUT2D eigenvalue weighted by molar-refractivity contribution is 8.15. The van der Waals surface area contributed by atoms with Gasteiger partial charge in [-0.05, 0) is 32.1 Å². The summed E-state index contributed by atoms with van der Waals surface area (Å²) in [6, 6.07) is 0. The van der Waals surface area contributed by atoms with E-state index < -0.39 is 28.9 Å². The average molecular weight is 273 g/mol. The molecular formula is C8H13ClO4S2. The molecule has 0 radical (unpaired) electrons. The third-order valence-corrected chi connectivity index (χ3v) is 8.25. The molecule has 0 bridgehead atoms. The molecule has 1 heterocycles. The first kappa shape index (κ1) is 11.7. The average Bonchev–Trinajstić information content (AvgIpc) is 2.75. The Morgan fingerprint density at radius 2 is 1.93 bits per heavy atom. The Balaban J connectivity index is 2.17. The van der Waals surface area contributed by atoms with Gasteiger partial charge >= 0.3 is 0 Å². The van der Waals surface area contributed by atoms with Gasteiger partial charge in [0.25, 0.3) is 0 Å². The molecule has 1 atom stereocenters. The molecule has 0 spiro atoms. The fourth-order valence-corrected chi connectivity index (χ4v) is 5.94. The van der Waals surface area contributed by atoms with Gasteiger partial charge in [0.15, 0.2) is 9.84 Å². The fraction of sp³-hybridized carbons (Fsp3) is 1.00. The lowest BCUT2D eigenvalue weighted by atomic mass is 10.1. The van der Waals surface area contributed by atoms with E-state index in [1.807, 2.05) is 0 Å². The molecule has 0 amide bonds. The third kappa shape index (κ3) is 2.03. The molecule has 1 unspecified atom stereocenters. The molecule has 1 aliphatic carbocycles. The summed E-state index contributed by atoms with van der Waals surface area (Å²) in [6.07, 6.45) is 2.43. The van der Waals surface area contributed by atoms with Crippen LogP contribution in [0.2, 0.25) is 0 Å². The minimum Gasteiger partial charge on any atom is -0.229 e. The highest BCUT2D eigenvalue weighted by atomic mass is 35.7. The Hall–Kier alpha value is 0.190. The van der Waals surface area contributed by atoms with Crippen LogP contribution in [0.4, 0.5) is 0 Å². The van der Waals surface area contributed by atoms with Crippen LogP contribution in [0, 0.1) is 0 Å². The van der Waals surface area contributed by atoms with E-state index >= 15 is 0 Å². The van der Waals surface area contributed by atoms with E-state index in [9.17, 15) is 16.8 Å². The van der Waals surface area contributed by atoms with Gasteiger partial charge in [-0.2, -0.15) is 0 Å². The van der Waals surface area contributed by atoms with Crippen LogP contribution < -0.4 is 0 Å². The molecule has 2 rings (SSSR count). The summed E-state index contributed by atoms with van der Waals surface area (Å²) < 4.78 is 44.7. The van der Waals surface area contributed by atoms with Crippen LogP contribution in [0.3, 0.4) is 0 Å². The zero-order chi connectivity index (χ0) is 11.3. The summed E-state index contributed by atoms with van der Waals surface area (Å²) >= 11 is 0. The van der Waals surface area contributed by atoms with E-state index in [1.165, 1.54) is 0 Å². The van der Waals surface area contributed by atoms with Gasteiger partial charge in [0.1, 0.15) is 0 Å². The molecule has 0 aromatic heterocycles. The minimum atomic E-state index is -3.62. The summed E-state index contributed by atoms with van der Waals surface area (Å²) in [7, 11) is -1.35. The predicted molar refractivity (Wildman–Crippen MR) is 58.2 cm³/mol. The standard InChI is InChI=1S/C8H13ClO4S2/c9-15(12,13)8(3-4-8)6-7-2-1-5-14(7,10)11/h7H,1-6H2. The van der Waals surface area contributed by atoms with Crippen molar-refractivity contribution in [3.63, 3.8) is 0 Å². The zero-order valence-electron chi connectivity index (χ0n) is 8.15. The van der Waals surface area contributed by atoms with E-state index in [2.05, 4.69) is 0 Å². The molecule has 7 heteroatoms. The Morgan fingerprint density at radius 3 is 2.27 bits per heavy atom. The van der Waals surface area contributed by atoms with Crippen LogP contribution in [-0.2, 0) is 18.9 Å². The SMILES string of the molecule is O=S1(=O)CCCC1CC1(S(=O)(=O)Cl)CC1. The number of hydrogen-bond donors (Lipinski definition) is 0. The van der Waals surface area contributed by atoms with Crippen molar-refractivity contribution in [2.24, 2.45) is 0 Å². The van der Waals surface area contributed by atoms with Crippen molar-refractivity contribution in [1.29, 1.82) is 0 Å². The lowest BCUT2D eigenvalue weighted by Gasteiger charge is -2.15. The first-order valence-electron chi connectivity index (χ1n) is 4.93. The smallest absolute Gasteiger partial charge is 0.229 e. The van der Waals surface area contributed by atoms with Crippen molar-refractivity contribution < 1.29 is 16.8 Å². The minimum absolute atomic E-state index is 0.191. The van der Waals surface area contributed by atoms with Gasteiger partial charge in [-0.25, -0.2) is 16.8 Å². The molecule has 0 aromatic carbocycles. The molecule has 2 fully saturated rings. The van der Waals surface area contributed by atoms with Gasteiger partial charge in [0.2, 0.25) is 9.05 Å². The number of rotatable bonds is 3. The summed E-state index contributed by atoms with van der Waals surface area (Å²) in [5, 5.41) is -0.492. The zero-order valence-corrected chi connectivity index (χ0v) is 10.5. The Labute approximate surface area is 94.3 Å². The predicted octanol–water partition coefficient (Wildman–Crippen LogP) is 1.05. The van der Waals surface area contributed by atoms with Crippen molar-refractivity contribution in [1.82, 2.24) is 0 Å². The van der Waals surface area contributed by atoms with E-state index in [-0.39, 0.29) is 12.2 Å². The van der Waals surface area contributed by atoms with Crippen molar-refractivity contribution in [2.45, 2.75) is 42.1 Å². The lowest BCUT2D eigenvalue weighted by Crippen LogP contribution is -2.28. The van der Waals surface area contributed by atoms with Gasteiger partial charge in [-0.1, -0.05) is 0 Å². The Kier molecular flexibility index (Phi) is 2.60. The Bertz CT molecular complexity index is 461. The first-order valence-corrected chi connectivity index (χ1v) is 8.95. The first-order chi connectivity index (χ1) is 6.77. The highest BCUT2D eigenvalue weighted by Gasteiger charge is 2.56. The third-order valence-electron chi connectivity index (χ3n) is 3.39. The quantitative estimate of drug-likeness (QED) is 0.721. The van der Waals surface area contributed by atoms with Crippen LogP contribution in [0.5, 0.6) is 0 Å². The lowest BCUT2D eigenvalue weighted by molar-refractivity contribution is 0.558. The van der Waals surface area contributed by atoms with Gasteiger partial charge in [-0.15, -0.1) is 0 Å². The highest BCUT2D eigenvalue weighted by Crippen LogP contribution is 2.51. The molecule has 1 saturated carbocycles. The molecule has 1 aliphatic heterocycles. The van der Waals surface area contributed by atoms with Gasteiger partial charge < -0.3 is 0 Å². The molecular weight excluding hydrogens is 260 g/mol. The summed E-state index contributed by atoms with van der Waals surface area (Å²) in [4.78, 5) is 0. The van der Waals surface area contributed by atoms with E-state index in [4.69, 9.17) is 10.7 Å². The molecule has 88 valence electrons. The Morgan fingerprint density at radius 1 is 1.33 bits per heavy atom. The maximum absolute atomic E-state index is 11.6. The second kappa shape index (κ2) is 3.34. The van der Waals surface area contributed by atoms with Crippen LogP contribution in [0.1, 0.15) is 32.1 Å². The van der Waals surface area contributed by atoms with E-state index in [0.29, 0.717) is 25.7 Å². The van der Waals surface area contributed by atoms with E-state index in [1.54, 1.807) is 0 Å².